The van der Waals surface area contributed by atoms with Gasteiger partial charge in [-0.05, 0) is 0 Å². The van der Waals surface area contributed by atoms with Crippen LogP contribution in [0.5, 0.6) is 0 Å². The standard InChI is InChI=1S/C5H8N8O.HNO3/c6-4-10-1-2(12(4)8)11-5(7)13(9)3(1)14;2-1(3)4/h8-9H2,(H2,6,10)(H2,7,11);(H,2,3,4). The lowest BCUT2D eigenvalue weighted by Gasteiger charge is -2.01. The van der Waals surface area contributed by atoms with E-state index >= 15 is 0 Å². The Bertz CT molecular complexity index is 653. The minimum absolute atomic E-state index is 0.0123. The number of nitrogens with two attached hydrogens (primary N) is 4. The maximum absolute atomic E-state index is 11.4. The predicted octanol–water partition coefficient (Wildman–Crippen LogP) is -3.16. The molecule has 2 heterocycles. The molecule has 0 saturated heterocycles. The molecule has 2 rings (SSSR count). The van der Waals surface area contributed by atoms with E-state index < -0.39 is 10.6 Å². The average molecular weight is 259 g/mol. The number of imidazole rings is 1. The molecule has 13 heteroatoms. The van der Waals surface area contributed by atoms with E-state index in [1.807, 2.05) is 0 Å². The molecule has 0 atom stereocenters. The molecule has 0 fully saturated rings. The molecule has 0 radical (unpaired) electrons. The number of nitrogen functional groups attached to an aromatic ring is 4. The van der Waals surface area contributed by atoms with E-state index in [2.05, 4.69) is 9.97 Å². The third-order valence-corrected chi connectivity index (χ3v) is 1.80. The molecule has 9 N–H and O–H groups in total. The number of hydrogen-bond donors (Lipinski definition) is 5. The van der Waals surface area contributed by atoms with Gasteiger partial charge in [0, 0.05) is 0 Å². The van der Waals surface area contributed by atoms with E-state index in [1.165, 1.54) is 0 Å². The highest BCUT2D eigenvalue weighted by atomic mass is 16.9. The molecule has 2 aromatic rings. The van der Waals surface area contributed by atoms with Gasteiger partial charge in [-0.3, -0.25) is 4.79 Å². The zero-order chi connectivity index (χ0) is 14.0. The second-order valence-electron chi connectivity index (χ2n) is 2.90. The summed E-state index contributed by atoms with van der Waals surface area (Å²) in [6.45, 7) is 0. The quantitative estimate of drug-likeness (QED) is 0.181. The number of rotatable bonds is 0. The van der Waals surface area contributed by atoms with E-state index in [0.29, 0.717) is 4.68 Å². The molecule has 18 heavy (non-hydrogen) atoms. The smallest absolute Gasteiger partial charge is 0.301 e. The predicted molar refractivity (Wildman–Crippen MR) is 59.7 cm³/mol. The molecule has 0 saturated carbocycles. The van der Waals surface area contributed by atoms with Gasteiger partial charge in [0.15, 0.2) is 11.2 Å². The van der Waals surface area contributed by atoms with Gasteiger partial charge < -0.3 is 28.4 Å². The van der Waals surface area contributed by atoms with Crippen molar-refractivity contribution in [3.63, 3.8) is 0 Å². The molecule has 0 aliphatic heterocycles. The minimum Gasteiger partial charge on any atom is -0.368 e. The van der Waals surface area contributed by atoms with Crippen LogP contribution in [0.1, 0.15) is 0 Å². The highest BCUT2D eigenvalue weighted by Crippen LogP contribution is 2.08. The first-order valence-corrected chi connectivity index (χ1v) is 4.15. The van der Waals surface area contributed by atoms with E-state index in [1.54, 1.807) is 0 Å². The van der Waals surface area contributed by atoms with Crippen LogP contribution in [0.15, 0.2) is 4.79 Å². The molecular weight excluding hydrogens is 250 g/mol. The summed E-state index contributed by atoms with van der Waals surface area (Å²) in [5.41, 5.74) is 10.2. The Morgan fingerprint density at radius 1 is 1.17 bits per heavy atom. The summed E-state index contributed by atoms with van der Waals surface area (Å²) in [5.74, 6) is 10.6. The Labute approximate surface area is 97.3 Å². The van der Waals surface area contributed by atoms with E-state index in [4.69, 9.17) is 38.5 Å². The molecule has 98 valence electrons. The molecule has 13 nitrogen and oxygen atoms in total. The lowest BCUT2D eigenvalue weighted by molar-refractivity contribution is -0.742. The van der Waals surface area contributed by atoms with Crippen molar-refractivity contribution in [1.29, 1.82) is 0 Å². The zero-order valence-corrected chi connectivity index (χ0v) is 8.72. The van der Waals surface area contributed by atoms with Crippen molar-refractivity contribution in [2.24, 2.45) is 0 Å². The van der Waals surface area contributed by atoms with Crippen molar-refractivity contribution < 1.29 is 10.3 Å². The average Bonchev–Trinajstić information content (AvgIpc) is 2.53. The van der Waals surface area contributed by atoms with Gasteiger partial charge in [0.05, 0.1) is 0 Å². The largest absolute Gasteiger partial charge is 0.368 e. The summed E-state index contributed by atoms with van der Waals surface area (Å²) >= 11 is 0. The van der Waals surface area contributed by atoms with Gasteiger partial charge in [0.1, 0.15) is 0 Å². The summed E-state index contributed by atoms with van der Waals surface area (Å²) in [6.07, 6.45) is 0. The maximum atomic E-state index is 11.4. The fourth-order valence-corrected chi connectivity index (χ4v) is 1.07. The first-order chi connectivity index (χ1) is 8.25. The fraction of sp³-hybridized carbons (Fsp3) is 0. The van der Waals surface area contributed by atoms with Crippen LogP contribution in [-0.2, 0) is 0 Å². The van der Waals surface area contributed by atoms with Crippen molar-refractivity contribution in [3.8, 4) is 0 Å². The van der Waals surface area contributed by atoms with Crippen molar-refractivity contribution in [2.45, 2.75) is 0 Å². The van der Waals surface area contributed by atoms with E-state index in [-0.39, 0.29) is 23.1 Å². The number of aromatic nitrogens is 4. The Hall–Kier alpha value is -3.25. The Morgan fingerprint density at radius 2 is 1.61 bits per heavy atom. The van der Waals surface area contributed by atoms with Crippen molar-refractivity contribution in [1.82, 2.24) is 19.3 Å². The molecule has 0 amide bonds. The number of nitrogens with zero attached hydrogens (tertiary/aromatic N) is 5. The van der Waals surface area contributed by atoms with Gasteiger partial charge in [-0.15, -0.1) is 10.1 Å². The maximum Gasteiger partial charge on any atom is 0.301 e. The summed E-state index contributed by atoms with van der Waals surface area (Å²) < 4.78 is 1.64. The Kier molecular flexibility index (Phi) is 3.08. The van der Waals surface area contributed by atoms with Crippen LogP contribution in [-0.4, -0.2) is 29.6 Å². The summed E-state index contributed by atoms with van der Waals surface area (Å²) in [4.78, 5) is 27.3. The van der Waals surface area contributed by atoms with Crippen molar-refractivity contribution >= 4 is 23.1 Å². The van der Waals surface area contributed by atoms with Crippen LogP contribution in [0, 0.1) is 10.1 Å². The SMILES string of the molecule is Nc1nc2c(nc(N)n2N)c(=O)n1N.O=[N+]([O-])O. The zero-order valence-electron chi connectivity index (χ0n) is 8.72. The monoisotopic (exact) mass is 259 g/mol. The van der Waals surface area contributed by atoms with Crippen LogP contribution in [0.4, 0.5) is 11.9 Å². The van der Waals surface area contributed by atoms with Gasteiger partial charge in [-0.2, -0.15) is 9.66 Å². The molecule has 0 unspecified atom stereocenters. The minimum atomic E-state index is -1.50. The van der Waals surface area contributed by atoms with Crippen molar-refractivity contribution in [3.05, 3.63) is 20.5 Å². The molecule has 0 aliphatic rings. The summed E-state index contributed by atoms with van der Waals surface area (Å²) in [7, 11) is 0. The lowest BCUT2D eigenvalue weighted by atomic mass is 10.5. The Morgan fingerprint density at radius 3 is 2.11 bits per heavy atom. The van der Waals surface area contributed by atoms with Gasteiger partial charge in [-0.25, -0.2) is 9.66 Å². The summed E-state index contributed by atoms with van der Waals surface area (Å²) in [6, 6.07) is 0. The first-order valence-electron chi connectivity index (χ1n) is 4.15. The third kappa shape index (κ3) is 2.13. The molecule has 0 aromatic carbocycles. The molecule has 0 bridgehead atoms. The Balaban J connectivity index is 0.000000357. The van der Waals surface area contributed by atoms with Crippen LogP contribution in [0.25, 0.3) is 11.2 Å². The highest BCUT2D eigenvalue weighted by molar-refractivity contribution is 5.74. The third-order valence-electron chi connectivity index (χ3n) is 1.80. The molecule has 2 aromatic heterocycles. The van der Waals surface area contributed by atoms with Crippen LogP contribution in [0.2, 0.25) is 0 Å². The number of anilines is 2. The molecule has 0 aliphatic carbocycles. The van der Waals surface area contributed by atoms with E-state index in [0.717, 1.165) is 4.68 Å². The van der Waals surface area contributed by atoms with E-state index in [9.17, 15) is 4.79 Å². The first kappa shape index (κ1) is 12.8. The van der Waals surface area contributed by atoms with Crippen LogP contribution < -0.4 is 28.7 Å². The number of hydrogen-bond acceptors (Lipinski definition) is 9. The van der Waals surface area contributed by atoms with Crippen LogP contribution in [0.3, 0.4) is 0 Å². The number of fused-ring (bicyclic) bond motifs is 1. The van der Waals surface area contributed by atoms with Gasteiger partial charge in [-0.1, -0.05) is 0 Å². The second kappa shape index (κ2) is 4.32. The van der Waals surface area contributed by atoms with Crippen LogP contribution >= 0.6 is 0 Å². The molecular formula is C5H9N9O4. The second-order valence-corrected chi connectivity index (χ2v) is 2.90. The highest BCUT2D eigenvalue weighted by Gasteiger charge is 2.13. The van der Waals surface area contributed by atoms with Crippen molar-refractivity contribution in [2.75, 3.05) is 23.2 Å². The van der Waals surface area contributed by atoms with Gasteiger partial charge in [0.25, 0.3) is 5.09 Å². The molecule has 0 spiro atoms. The van der Waals surface area contributed by atoms with Gasteiger partial charge >= 0.3 is 5.56 Å². The lowest BCUT2D eigenvalue weighted by Crippen LogP contribution is -2.31. The fourth-order valence-electron chi connectivity index (χ4n) is 1.07. The summed E-state index contributed by atoms with van der Waals surface area (Å²) in [5, 5.41) is 13.6. The normalized spacial score (nSPS) is 9.78. The van der Waals surface area contributed by atoms with Gasteiger partial charge in [0.2, 0.25) is 11.9 Å². The topological polar surface area (TPSA) is 220 Å².